The first-order valence-electron chi connectivity index (χ1n) is 16.2. The molecular formula is C31H62O15. The highest BCUT2D eigenvalue weighted by atomic mass is 16.6. The summed E-state index contributed by atoms with van der Waals surface area (Å²) in [5.41, 5.74) is -0.475. The SMILES string of the molecule is CC(C)(C)OC(=O)CCOCCOCCOCCOCCOCCOCCOCCOCCOCCOCCOCCOCCO. The molecule has 1 N–H and O–H groups in total. The molecule has 0 aliphatic rings. The number of carbonyl (C=O) groups is 1. The van der Waals surface area contributed by atoms with Gasteiger partial charge in [-0.3, -0.25) is 4.79 Å². The first-order valence-corrected chi connectivity index (χ1v) is 16.2. The summed E-state index contributed by atoms with van der Waals surface area (Å²) < 4.78 is 70.0. The Bertz CT molecular complexity index is 607. The van der Waals surface area contributed by atoms with Crippen LogP contribution in [0.25, 0.3) is 0 Å². The Balaban J connectivity index is 3.09. The van der Waals surface area contributed by atoms with Crippen molar-refractivity contribution in [3.05, 3.63) is 0 Å². The predicted molar refractivity (Wildman–Crippen MR) is 167 cm³/mol. The van der Waals surface area contributed by atoms with Crippen LogP contribution in [0.1, 0.15) is 27.2 Å². The van der Waals surface area contributed by atoms with E-state index in [4.69, 9.17) is 66.7 Å². The summed E-state index contributed by atoms with van der Waals surface area (Å²) in [6.45, 7) is 16.8. The molecule has 0 spiro atoms. The van der Waals surface area contributed by atoms with E-state index in [0.717, 1.165) is 0 Å². The van der Waals surface area contributed by atoms with Crippen molar-refractivity contribution in [2.75, 3.05) is 165 Å². The number of aliphatic hydroxyl groups is 1. The summed E-state index contributed by atoms with van der Waals surface area (Å²) in [5, 5.41) is 8.57. The molecule has 0 amide bonds. The zero-order chi connectivity index (χ0) is 33.7. The van der Waals surface area contributed by atoms with Crippen molar-refractivity contribution < 1.29 is 71.5 Å². The summed E-state index contributed by atoms with van der Waals surface area (Å²) in [5.74, 6) is -0.267. The molecule has 46 heavy (non-hydrogen) atoms. The van der Waals surface area contributed by atoms with Crippen molar-refractivity contribution in [3.8, 4) is 0 Å². The van der Waals surface area contributed by atoms with Gasteiger partial charge in [-0.05, 0) is 20.8 Å². The van der Waals surface area contributed by atoms with Gasteiger partial charge in [0.15, 0.2) is 0 Å². The molecule has 0 fully saturated rings. The first-order chi connectivity index (χ1) is 22.5. The Kier molecular flexibility index (Phi) is 35.9. The number of aliphatic hydroxyl groups excluding tert-OH is 1. The van der Waals surface area contributed by atoms with Gasteiger partial charge < -0.3 is 66.7 Å². The molecule has 0 aliphatic carbocycles. The fourth-order valence-corrected chi connectivity index (χ4v) is 3.13. The molecule has 0 atom stereocenters. The smallest absolute Gasteiger partial charge is 0.308 e. The fourth-order valence-electron chi connectivity index (χ4n) is 3.13. The molecule has 0 aromatic carbocycles. The minimum Gasteiger partial charge on any atom is -0.460 e. The third-order valence-electron chi connectivity index (χ3n) is 5.20. The lowest BCUT2D eigenvalue weighted by molar-refractivity contribution is -0.156. The Hall–Kier alpha value is -1.05. The molecule has 276 valence electrons. The summed E-state index contributed by atoms with van der Waals surface area (Å²) in [4.78, 5) is 11.6. The van der Waals surface area contributed by atoms with Crippen molar-refractivity contribution in [1.29, 1.82) is 0 Å². The highest BCUT2D eigenvalue weighted by molar-refractivity contribution is 5.69. The van der Waals surface area contributed by atoms with Gasteiger partial charge in [0.1, 0.15) is 5.60 Å². The van der Waals surface area contributed by atoms with E-state index in [1.54, 1.807) is 0 Å². The van der Waals surface area contributed by atoms with Crippen LogP contribution >= 0.6 is 0 Å². The highest BCUT2D eigenvalue weighted by Crippen LogP contribution is 2.08. The molecule has 0 aromatic rings. The van der Waals surface area contributed by atoms with Gasteiger partial charge >= 0.3 is 5.97 Å². The fraction of sp³-hybridized carbons (Fsp3) is 0.968. The molecule has 0 rings (SSSR count). The second kappa shape index (κ2) is 36.8. The van der Waals surface area contributed by atoms with Gasteiger partial charge in [0.05, 0.1) is 172 Å². The molecule has 0 bridgehead atoms. The van der Waals surface area contributed by atoms with Crippen LogP contribution in [0, 0.1) is 0 Å². The van der Waals surface area contributed by atoms with Gasteiger partial charge in [-0.25, -0.2) is 0 Å². The van der Waals surface area contributed by atoms with Crippen LogP contribution in [0.2, 0.25) is 0 Å². The van der Waals surface area contributed by atoms with E-state index in [2.05, 4.69) is 0 Å². The number of ether oxygens (including phenoxy) is 13. The monoisotopic (exact) mass is 674 g/mol. The van der Waals surface area contributed by atoms with E-state index in [0.29, 0.717) is 159 Å². The van der Waals surface area contributed by atoms with Crippen molar-refractivity contribution in [2.24, 2.45) is 0 Å². The minimum atomic E-state index is -0.475. The average molecular weight is 675 g/mol. The van der Waals surface area contributed by atoms with Crippen molar-refractivity contribution in [1.82, 2.24) is 0 Å². The van der Waals surface area contributed by atoms with Crippen molar-refractivity contribution in [3.63, 3.8) is 0 Å². The molecule has 0 aromatic heterocycles. The minimum absolute atomic E-state index is 0.0217. The number of esters is 1. The third-order valence-corrected chi connectivity index (χ3v) is 5.20. The average Bonchev–Trinajstić information content (AvgIpc) is 3.01. The quantitative estimate of drug-likeness (QED) is 0.0728. The van der Waals surface area contributed by atoms with Crippen molar-refractivity contribution in [2.45, 2.75) is 32.8 Å². The molecule has 0 aliphatic heterocycles. The van der Waals surface area contributed by atoms with Gasteiger partial charge in [-0.2, -0.15) is 0 Å². The Morgan fingerprint density at radius 2 is 0.565 bits per heavy atom. The predicted octanol–water partition coefficient (Wildman–Crippen LogP) is 0.910. The van der Waals surface area contributed by atoms with Crippen LogP contribution in [0.15, 0.2) is 0 Å². The van der Waals surface area contributed by atoms with Crippen LogP contribution in [-0.2, 0) is 66.4 Å². The maximum atomic E-state index is 11.6. The molecule has 0 heterocycles. The van der Waals surface area contributed by atoms with Gasteiger partial charge in [0.2, 0.25) is 0 Å². The van der Waals surface area contributed by atoms with E-state index < -0.39 is 5.60 Å². The summed E-state index contributed by atoms with van der Waals surface area (Å²) in [6.07, 6.45) is 0.230. The highest BCUT2D eigenvalue weighted by Gasteiger charge is 2.15. The number of hydrogen-bond donors (Lipinski definition) is 1. The lowest BCUT2D eigenvalue weighted by Gasteiger charge is -2.19. The largest absolute Gasteiger partial charge is 0.460 e. The third kappa shape index (κ3) is 41.0. The van der Waals surface area contributed by atoms with E-state index in [1.165, 1.54) is 0 Å². The lowest BCUT2D eigenvalue weighted by atomic mass is 10.2. The second-order valence-electron chi connectivity index (χ2n) is 10.4. The van der Waals surface area contributed by atoms with Crippen LogP contribution in [0.5, 0.6) is 0 Å². The van der Waals surface area contributed by atoms with E-state index in [1.807, 2.05) is 20.8 Å². The first kappa shape index (κ1) is 45.0. The van der Waals surface area contributed by atoms with Gasteiger partial charge in [-0.15, -0.1) is 0 Å². The maximum absolute atomic E-state index is 11.6. The van der Waals surface area contributed by atoms with E-state index >= 15 is 0 Å². The summed E-state index contributed by atoms with van der Waals surface area (Å²) in [7, 11) is 0. The van der Waals surface area contributed by atoms with Crippen molar-refractivity contribution >= 4 is 5.97 Å². The summed E-state index contributed by atoms with van der Waals surface area (Å²) >= 11 is 0. The molecule has 0 radical (unpaired) electrons. The lowest BCUT2D eigenvalue weighted by Crippen LogP contribution is -2.24. The van der Waals surface area contributed by atoms with E-state index in [-0.39, 0.29) is 19.0 Å². The van der Waals surface area contributed by atoms with Gasteiger partial charge in [-0.1, -0.05) is 0 Å². The Morgan fingerprint density at radius 1 is 0.370 bits per heavy atom. The topological polar surface area (TPSA) is 157 Å². The van der Waals surface area contributed by atoms with Crippen LogP contribution < -0.4 is 0 Å². The van der Waals surface area contributed by atoms with Crippen LogP contribution in [-0.4, -0.2) is 182 Å². The molecular weight excluding hydrogens is 612 g/mol. The van der Waals surface area contributed by atoms with Gasteiger partial charge in [0.25, 0.3) is 0 Å². The molecule has 0 saturated carbocycles. The number of rotatable bonds is 38. The molecule has 0 unspecified atom stereocenters. The van der Waals surface area contributed by atoms with Gasteiger partial charge in [0, 0.05) is 0 Å². The normalized spacial score (nSPS) is 11.8. The second-order valence-corrected chi connectivity index (χ2v) is 10.4. The Morgan fingerprint density at radius 3 is 0.761 bits per heavy atom. The molecule has 0 saturated heterocycles. The molecule has 15 nitrogen and oxygen atoms in total. The molecule has 15 heteroatoms. The van der Waals surface area contributed by atoms with E-state index in [9.17, 15) is 4.79 Å². The number of hydrogen-bond acceptors (Lipinski definition) is 15. The van der Waals surface area contributed by atoms with Crippen LogP contribution in [0.3, 0.4) is 0 Å². The van der Waals surface area contributed by atoms with Crippen LogP contribution in [0.4, 0.5) is 0 Å². The maximum Gasteiger partial charge on any atom is 0.308 e. The Labute approximate surface area is 275 Å². The zero-order valence-corrected chi connectivity index (χ0v) is 28.5. The summed E-state index contributed by atoms with van der Waals surface area (Å²) in [6, 6.07) is 0. The number of carbonyl (C=O) groups excluding carboxylic acids is 1. The zero-order valence-electron chi connectivity index (χ0n) is 28.5. The standard InChI is InChI=1S/C31H62O15/c1-31(2,3)46-30(33)4-6-34-8-10-36-12-14-38-16-18-40-20-22-42-24-26-44-28-29-45-27-25-43-23-21-41-19-17-39-15-13-37-11-9-35-7-5-32/h32H,4-29H2,1-3H3.